The van der Waals surface area contributed by atoms with Crippen LogP contribution < -0.4 is 15.7 Å². The number of aliphatic hydroxyl groups is 1. The molecule has 1 heterocycles. The monoisotopic (exact) mass is 453 g/mol. The molecule has 0 aliphatic rings. The normalized spacial score (nSPS) is 11.8. The lowest BCUT2D eigenvalue weighted by Crippen LogP contribution is -2.19. The quantitative estimate of drug-likeness (QED) is 0.427. The van der Waals surface area contributed by atoms with Gasteiger partial charge in [0.15, 0.2) is 0 Å². The number of imidazole rings is 1. The molecule has 1 aromatic heterocycles. The van der Waals surface area contributed by atoms with Crippen molar-refractivity contribution in [1.29, 1.82) is 0 Å². The molecule has 1 unspecified atom stereocenters. The van der Waals surface area contributed by atoms with Gasteiger partial charge in [-0.1, -0.05) is 48.5 Å². The molecule has 168 valence electrons. The van der Waals surface area contributed by atoms with Crippen molar-refractivity contribution in [2.75, 3.05) is 6.61 Å². The third kappa shape index (κ3) is 5.22. The Morgan fingerprint density at radius 1 is 0.875 bits per heavy atom. The molecule has 0 radical (unpaired) electrons. The van der Waals surface area contributed by atoms with Gasteiger partial charge < -0.3 is 15.2 Å². The van der Waals surface area contributed by atoms with E-state index in [-0.39, 0.29) is 24.7 Å². The van der Waals surface area contributed by atoms with Crippen molar-refractivity contribution in [1.82, 2.24) is 14.5 Å². The summed E-state index contributed by atoms with van der Waals surface area (Å²) in [6.07, 6.45) is -0.785. The summed E-state index contributed by atoms with van der Waals surface area (Å²) in [5, 5.41) is 14.0. The molecule has 2 N–H and O–H groups in total. The van der Waals surface area contributed by atoms with E-state index in [1.807, 2.05) is 60.7 Å². The van der Waals surface area contributed by atoms with Crippen LogP contribution in [0.1, 0.15) is 22.8 Å². The van der Waals surface area contributed by atoms with Gasteiger partial charge in [0.05, 0.1) is 11.0 Å². The smallest absolute Gasteiger partial charge is 0.328 e. The Bertz CT molecular complexity index is 1220. The molecule has 0 fully saturated rings. The van der Waals surface area contributed by atoms with Crippen LogP contribution in [0.3, 0.4) is 0 Å². The number of ether oxygens (including phenoxy) is 1. The van der Waals surface area contributed by atoms with Crippen molar-refractivity contribution in [3.05, 3.63) is 100.0 Å². The van der Waals surface area contributed by atoms with Gasteiger partial charge in [0.2, 0.25) is 0 Å². The minimum absolute atomic E-state index is 0. The van der Waals surface area contributed by atoms with Crippen LogP contribution in [0.15, 0.2) is 77.6 Å². The Kier molecular flexibility index (Phi) is 7.75. The fourth-order valence-electron chi connectivity index (χ4n) is 3.65. The lowest BCUT2D eigenvalue weighted by molar-refractivity contribution is 0.108. The molecule has 0 saturated carbocycles. The number of aromatic nitrogens is 2. The summed E-state index contributed by atoms with van der Waals surface area (Å²) in [6, 6.07) is 23.7. The first-order valence-electron chi connectivity index (χ1n) is 10.3. The highest BCUT2D eigenvalue weighted by Crippen LogP contribution is 2.21. The minimum atomic E-state index is -0.785. The molecule has 3 aromatic carbocycles. The van der Waals surface area contributed by atoms with Crippen LogP contribution in [-0.4, -0.2) is 20.8 Å². The van der Waals surface area contributed by atoms with Crippen molar-refractivity contribution in [2.45, 2.75) is 19.2 Å². The van der Waals surface area contributed by atoms with E-state index in [2.05, 4.69) is 17.4 Å². The number of nitrogens with zero attached hydrogens (tertiary/aromatic N) is 2. The number of aliphatic hydroxyl groups excluding tert-OH is 1. The summed E-state index contributed by atoms with van der Waals surface area (Å²) in [7, 11) is 3.47. The highest BCUT2D eigenvalue weighted by atomic mass is 35.5. The van der Waals surface area contributed by atoms with Crippen molar-refractivity contribution >= 4 is 23.4 Å². The van der Waals surface area contributed by atoms with E-state index < -0.39 is 6.10 Å². The van der Waals surface area contributed by atoms with Crippen LogP contribution in [0.5, 0.6) is 5.75 Å². The highest BCUT2D eigenvalue weighted by Gasteiger charge is 2.13. The highest BCUT2D eigenvalue weighted by molar-refractivity contribution is 5.85. The first-order valence-corrected chi connectivity index (χ1v) is 10.3. The van der Waals surface area contributed by atoms with Gasteiger partial charge in [0.1, 0.15) is 18.5 Å². The summed E-state index contributed by atoms with van der Waals surface area (Å²) < 4.78 is 8.95. The average molecular weight is 454 g/mol. The fraction of sp³-hybridized carbons (Fsp3) is 0.240. The Hall–Kier alpha value is -3.06. The second-order valence-corrected chi connectivity index (χ2v) is 7.71. The fourth-order valence-corrected chi connectivity index (χ4v) is 3.65. The topological polar surface area (TPSA) is 68.4 Å². The lowest BCUT2D eigenvalue weighted by Gasteiger charge is -2.14. The number of fused-ring (bicyclic) bond motifs is 1. The maximum absolute atomic E-state index is 12.1. The summed E-state index contributed by atoms with van der Waals surface area (Å²) in [5.74, 6) is 0.707. The van der Waals surface area contributed by atoms with Gasteiger partial charge >= 0.3 is 5.69 Å². The Morgan fingerprint density at radius 3 is 2.19 bits per heavy atom. The third-order valence-electron chi connectivity index (χ3n) is 5.51. The van der Waals surface area contributed by atoms with Crippen molar-refractivity contribution < 1.29 is 9.84 Å². The van der Waals surface area contributed by atoms with Crippen LogP contribution >= 0.6 is 12.4 Å². The molecule has 0 saturated heterocycles. The first-order chi connectivity index (χ1) is 15.0. The molecule has 0 aliphatic heterocycles. The van der Waals surface area contributed by atoms with E-state index >= 15 is 0 Å². The van der Waals surface area contributed by atoms with Gasteiger partial charge in [-0.3, -0.25) is 9.13 Å². The second-order valence-electron chi connectivity index (χ2n) is 7.71. The second kappa shape index (κ2) is 10.5. The van der Waals surface area contributed by atoms with E-state index in [9.17, 15) is 9.90 Å². The number of hydrogen-bond donors (Lipinski definition) is 2. The van der Waals surface area contributed by atoms with Crippen molar-refractivity contribution in [2.24, 2.45) is 14.1 Å². The Morgan fingerprint density at radius 2 is 1.50 bits per heavy atom. The molecular weight excluding hydrogens is 426 g/mol. The van der Waals surface area contributed by atoms with Gasteiger partial charge in [-0.2, -0.15) is 0 Å². The molecule has 0 amide bonds. The number of halogens is 1. The van der Waals surface area contributed by atoms with E-state index in [4.69, 9.17) is 4.74 Å². The number of rotatable bonds is 8. The van der Waals surface area contributed by atoms with E-state index in [1.54, 1.807) is 23.2 Å². The molecule has 6 nitrogen and oxygen atoms in total. The summed E-state index contributed by atoms with van der Waals surface area (Å²) >= 11 is 0. The van der Waals surface area contributed by atoms with Crippen molar-refractivity contribution in [3.8, 4) is 5.75 Å². The SMILES string of the molecule is Cl.Cn1c(=O)n(C)c2cc(C(O)COc3ccc(CNCc4ccccc4)cc3)ccc21. The predicted molar refractivity (Wildman–Crippen MR) is 129 cm³/mol. The zero-order chi connectivity index (χ0) is 21.8. The van der Waals surface area contributed by atoms with E-state index in [0.717, 1.165) is 29.7 Å². The molecule has 4 rings (SSSR count). The van der Waals surface area contributed by atoms with Gasteiger partial charge in [-0.05, 0) is 41.0 Å². The minimum Gasteiger partial charge on any atom is -0.491 e. The predicted octanol–water partition coefficient (Wildman–Crippen LogP) is 3.70. The number of aryl methyl sites for hydroxylation is 2. The molecule has 7 heteroatoms. The molecular formula is C25H28ClN3O3. The van der Waals surface area contributed by atoms with Crippen LogP contribution in [0.4, 0.5) is 0 Å². The maximum atomic E-state index is 12.1. The molecule has 4 aromatic rings. The van der Waals surface area contributed by atoms with E-state index in [1.165, 1.54) is 11.1 Å². The van der Waals surface area contributed by atoms with Gasteiger partial charge in [0, 0.05) is 27.2 Å². The average Bonchev–Trinajstić information content (AvgIpc) is 3.02. The summed E-state index contributed by atoms with van der Waals surface area (Å²) in [5.41, 5.74) is 4.67. The zero-order valence-electron chi connectivity index (χ0n) is 18.2. The van der Waals surface area contributed by atoms with Gasteiger partial charge in [-0.15, -0.1) is 12.4 Å². The Labute approximate surface area is 193 Å². The van der Waals surface area contributed by atoms with Gasteiger partial charge in [0.25, 0.3) is 0 Å². The summed E-state index contributed by atoms with van der Waals surface area (Å²) in [6.45, 7) is 1.73. The maximum Gasteiger partial charge on any atom is 0.328 e. The standard InChI is InChI=1S/C25H27N3O3.ClH/c1-27-22-13-10-20(14-23(22)28(2)25(27)30)24(29)17-31-21-11-8-19(9-12-21)16-26-15-18-6-4-3-5-7-18;/h3-14,24,26,29H,15-17H2,1-2H3;1H. The Balaban J connectivity index is 0.00000289. The van der Waals surface area contributed by atoms with Crippen LogP contribution in [-0.2, 0) is 27.2 Å². The molecule has 1 atom stereocenters. The number of benzene rings is 3. The number of hydrogen-bond acceptors (Lipinski definition) is 4. The van der Waals surface area contributed by atoms with Crippen LogP contribution in [0, 0.1) is 0 Å². The van der Waals surface area contributed by atoms with Gasteiger partial charge in [-0.25, -0.2) is 4.79 Å². The third-order valence-corrected chi connectivity index (χ3v) is 5.51. The summed E-state index contributed by atoms with van der Waals surface area (Å²) in [4.78, 5) is 12.1. The van der Waals surface area contributed by atoms with Crippen LogP contribution in [0.2, 0.25) is 0 Å². The van der Waals surface area contributed by atoms with Crippen molar-refractivity contribution in [3.63, 3.8) is 0 Å². The molecule has 0 bridgehead atoms. The molecule has 0 aliphatic carbocycles. The first kappa shape index (κ1) is 23.6. The zero-order valence-corrected chi connectivity index (χ0v) is 19.0. The molecule has 32 heavy (non-hydrogen) atoms. The molecule has 0 spiro atoms. The lowest BCUT2D eigenvalue weighted by atomic mass is 10.1. The van der Waals surface area contributed by atoms with E-state index in [0.29, 0.717) is 5.75 Å². The number of nitrogens with one attached hydrogen (secondary N) is 1. The van der Waals surface area contributed by atoms with Crippen LogP contribution in [0.25, 0.3) is 11.0 Å². The largest absolute Gasteiger partial charge is 0.491 e.